The molecule has 19 heavy (non-hydrogen) atoms. The molecule has 0 heterocycles. The lowest BCUT2D eigenvalue weighted by Gasteiger charge is -2.20. The average Bonchev–Trinajstić information content (AvgIpc) is 2.40. The topological polar surface area (TPSA) is 89.8 Å². The Morgan fingerprint density at radius 2 is 1.89 bits per heavy atom. The summed E-state index contributed by atoms with van der Waals surface area (Å²) >= 11 is 0. The van der Waals surface area contributed by atoms with E-state index in [-0.39, 0.29) is 23.8 Å². The number of phenols is 2. The van der Waals surface area contributed by atoms with Crippen LogP contribution >= 0.6 is 0 Å². The van der Waals surface area contributed by atoms with Gasteiger partial charge in [0.15, 0.2) is 11.5 Å². The number of phenolic OH excluding ortho intramolecular Hbond substituents is 2. The van der Waals surface area contributed by atoms with Crippen LogP contribution in [0.4, 0.5) is 0 Å². The summed E-state index contributed by atoms with van der Waals surface area (Å²) in [7, 11) is 0. The molecule has 0 aromatic heterocycles. The van der Waals surface area contributed by atoms with E-state index in [4.69, 9.17) is 0 Å². The maximum absolute atomic E-state index is 11.8. The number of aliphatic hydroxyl groups excluding tert-OH is 1. The second-order valence-electron chi connectivity index (χ2n) is 4.53. The molecule has 5 heteroatoms. The van der Waals surface area contributed by atoms with E-state index in [1.54, 1.807) is 0 Å². The van der Waals surface area contributed by atoms with E-state index in [2.05, 4.69) is 5.32 Å². The fourth-order valence-corrected chi connectivity index (χ4v) is 2.01. The second kappa shape index (κ2) is 6.99. The van der Waals surface area contributed by atoms with Gasteiger partial charge in [-0.3, -0.25) is 4.79 Å². The number of aliphatic hydroxyl groups is 1. The van der Waals surface area contributed by atoms with Gasteiger partial charge in [-0.2, -0.15) is 0 Å². The number of hydrogen-bond acceptors (Lipinski definition) is 4. The molecular formula is C14H21NO4. The molecule has 0 fully saturated rings. The Labute approximate surface area is 112 Å². The fraction of sp³-hybridized carbons (Fsp3) is 0.500. The van der Waals surface area contributed by atoms with Gasteiger partial charge in [0, 0.05) is 6.54 Å². The van der Waals surface area contributed by atoms with E-state index in [1.165, 1.54) is 18.2 Å². The van der Waals surface area contributed by atoms with Crippen molar-refractivity contribution in [2.45, 2.75) is 32.8 Å². The predicted molar refractivity (Wildman–Crippen MR) is 72.2 cm³/mol. The number of hydrogen-bond donors (Lipinski definition) is 4. The number of amides is 1. The van der Waals surface area contributed by atoms with Crippen molar-refractivity contribution in [3.8, 4) is 11.5 Å². The van der Waals surface area contributed by atoms with Gasteiger partial charge >= 0.3 is 0 Å². The molecule has 0 spiro atoms. The van der Waals surface area contributed by atoms with Gasteiger partial charge in [-0.25, -0.2) is 0 Å². The first kappa shape index (κ1) is 15.3. The lowest BCUT2D eigenvalue weighted by Crippen LogP contribution is -2.36. The quantitative estimate of drug-likeness (QED) is 0.590. The zero-order chi connectivity index (χ0) is 14.4. The molecular weight excluding hydrogens is 246 g/mol. The minimum absolute atomic E-state index is 0.00301. The number of benzene rings is 1. The molecule has 1 aromatic carbocycles. The van der Waals surface area contributed by atoms with E-state index < -0.39 is 17.8 Å². The third-order valence-electron chi connectivity index (χ3n) is 3.32. The van der Waals surface area contributed by atoms with Crippen LogP contribution < -0.4 is 5.32 Å². The molecule has 1 aromatic rings. The standard InChI is InChI=1S/C14H21NO4/c1-3-9(4-2)12(17)8-15-14(19)10-6-5-7-11(16)13(10)18/h5-7,9,12,16-18H,3-4,8H2,1-2H3,(H,15,19). The van der Waals surface area contributed by atoms with Crippen LogP contribution in [-0.4, -0.2) is 33.9 Å². The largest absolute Gasteiger partial charge is 0.504 e. The third-order valence-corrected chi connectivity index (χ3v) is 3.32. The van der Waals surface area contributed by atoms with Gasteiger partial charge in [0.2, 0.25) is 0 Å². The van der Waals surface area contributed by atoms with Crippen molar-refractivity contribution in [3.05, 3.63) is 23.8 Å². The monoisotopic (exact) mass is 267 g/mol. The summed E-state index contributed by atoms with van der Waals surface area (Å²) in [5, 5.41) is 31.3. The molecule has 0 bridgehead atoms. The zero-order valence-electron chi connectivity index (χ0n) is 11.3. The van der Waals surface area contributed by atoms with Crippen LogP contribution in [0.5, 0.6) is 11.5 Å². The Kier molecular flexibility index (Phi) is 5.63. The summed E-state index contributed by atoms with van der Waals surface area (Å²) in [6, 6.07) is 4.18. The van der Waals surface area contributed by atoms with Gasteiger partial charge in [0.05, 0.1) is 11.7 Å². The smallest absolute Gasteiger partial charge is 0.255 e. The summed E-state index contributed by atoms with van der Waals surface area (Å²) in [6.07, 6.45) is 1.06. The fourth-order valence-electron chi connectivity index (χ4n) is 2.01. The summed E-state index contributed by atoms with van der Waals surface area (Å²) in [5.41, 5.74) is -0.00301. The number of rotatable bonds is 6. The van der Waals surface area contributed by atoms with Crippen LogP contribution in [0.1, 0.15) is 37.0 Å². The molecule has 1 unspecified atom stereocenters. The second-order valence-corrected chi connectivity index (χ2v) is 4.53. The number of carbonyl (C=O) groups is 1. The Hall–Kier alpha value is -1.75. The normalized spacial score (nSPS) is 12.4. The SMILES string of the molecule is CCC(CC)C(O)CNC(=O)c1cccc(O)c1O. The zero-order valence-corrected chi connectivity index (χ0v) is 11.3. The lowest BCUT2D eigenvalue weighted by atomic mass is 9.96. The Balaban J connectivity index is 2.63. The van der Waals surface area contributed by atoms with Crippen LogP contribution in [0.25, 0.3) is 0 Å². The Bertz CT molecular complexity index is 429. The van der Waals surface area contributed by atoms with Gasteiger partial charge in [0.1, 0.15) is 0 Å². The highest BCUT2D eigenvalue weighted by molar-refractivity contribution is 5.97. The van der Waals surface area contributed by atoms with E-state index >= 15 is 0 Å². The van der Waals surface area contributed by atoms with Crippen LogP contribution in [0.15, 0.2) is 18.2 Å². The van der Waals surface area contributed by atoms with Crippen molar-refractivity contribution < 1.29 is 20.1 Å². The van der Waals surface area contributed by atoms with Gasteiger partial charge in [-0.15, -0.1) is 0 Å². The third kappa shape index (κ3) is 3.86. The highest BCUT2D eigenvalue weighted by Crippen LogP contribution is 2.27. The van der Waals surface area contributed by atoms with Crippen LogP contribution in [0.3, 0.4) is 0 Å². The molecule has 0 aliphatic heterocycles. The first-order valence-electron chi connectivity index (χ1n) is 6.48. The van der Waals surface area contributed by atoms with Crippen LogP contribution in [0.2, 0.25) is 0 Å². The molecule has 4 N–H and O–H groups in total. The van der Waals surface area contributed by atoms with Crippen LogP contribution in [0, 0.1) is 5.92 Å². The first-order chi connectivity index (χ1) is 9.01. The molecule has 0 aliphatic rings. The summed E-state index contributed by atoms with van der Waals surface area (Å²) in [4.78, 5) is 11.8. The van der Waals surface area contributed by atoms with Crippen molar-refractivity contribution in [1.29, 1.82) is 0 Å². The predicted octanol–water partition coefficient (Wildman–Crippen LogP) is 1.62. The van der Waals surface area contributed by atoms with Crippen molar-refractivity contribution in [3.63, 3.8) is 0 Å². The highest BCUT2D eigenvalue weighted by Gasteiger charge is 2.18. The maximum Gasteiger partial charge on any atom is 0.255 e. The van der Waals surface area contributed by atoms with E-state index in [1.807, 2.05) is 13.8 Å². The molecule has 0 radical (unpaired) electrons. The first-order valence-corrected chi connectivity index (χ1v) is 6.48. The van der Waals surface area contributed by atoms with Crippen molar-refractivity contribution >= 4 is 5.91 Å². The molecule has 106 valence electrons. The Morgan fingerprint density at radius 3 is 2.47 bits per heavy atom. The number of para-hydroxylation sites is 1. The summed E-state index contributed by atoms with van der Waals surface area (Å²) < 4.78 is 0. The maximum atomic E-state index is 11.8. The van der Waals surface area contributed by atoms with Crippen molar-refractivity contribution in [1.82, 2.24) is 5.32 Å². The molecule has 1 atom stereocenters. The van der Waals surface area contributed by atoms with Crippen molar-refractivity contribution in [2.24, 2.45) is 5.92 Å². The van der Waals surface area contributed by atoms with Crippen LogP contribution in [-0.2, 0) is 0 Å². The number of nitrogens with one attached hydrogen (secondary N) is 1. The molecule has 0 aliphatic carbocycles. The van der Waals surface area contributed by atoms with Crippen molar-refractivity contribution in [2.75, 3.05) is 6.54 Å². The Morgan fingerprint density at radius 1 is 1.26 bits per heavy atom. The van der Waals surface area contributed by atoms with E-state index in [0.717, 1.165) is 12.8 Å². The lowest BCUT2D eigenvalue weighted by molar-refractivity contribution is 0.0814. The number of aromatic hydroxyl groups is 2. The van der Waals surface area contributed by atoms with Gasteiger partial charge < -0.3 is 20.6 Å². The molecule has 5 nitrogen and oxygen atoms in total. The minimum Gasteiger partial charge on any atom is -0.504 e. The molecule has 1 amide bonds. The van der Waals surface area contributed by atoms with Gasteiger partial charge in [0.25, 0.3) is 5.91 Å². The number of carbonyl (C=O) groups excluding carboxylic acids is 1. The molecule has 0 saturated heterocycles. The van der Waals surface area contributed by atoms with E-state index in [0.29, 0.717) is 0 Å². The van der Waals surface area contributed by atoms with E-state index in [9.17, 15) is 20.1 Å². The molecule has 0 saturated carbocycles. The average molecular weight is 267 g/mol. The minimum atomic E-state index is -0.613. The molecule has 1 rings (SSSR count). The van der Waals surface area contributed by atoms with Gasteiger partial charge in [-0.1, -0.05) is 32.8 Å². The van der Waals surface area contributed by atoms with Gasteiger partial charge in [-0.05, 0) is 18.1 Å². The summed E-state index contributed by atoms with van der Waals surface area (Å²) in [5.74, 6) is -1.17. The summed E-state index contributed by atoms with van der Waals surface area (Å²) in [6.45, 7) is 4.10. The highest BCUT2D eigenvalue weighted by atomic mass is 16.3.